The molecule has 0 saturated heterocycles. The summed E-state index contributed by atoms with van der Waals surface area (Å²) < 4.78 is 38.0. The number of hydrogen-bond donors (Lipinski definition) is 2. The molecule has 0 spiro atoms. The molecule has 0 bridgehead atoms. The second-order valence-corrected chi connectivity index (χ2v) is 4.91. The Bertz CT molecular complexity index is 611. The molecule has 114 valence electrons. The van der Waals surface area contributed by atoms with Crippen LogP contribution < -0.4 is 10.7 Å². The molecule has 0 aromatic heterocycles. The number of hydrazine groups is 1. The van der Waals surface area contributed by atoms with Gasteiger partial charge in [-0.3, -0.25) is 0 Å². The third-order valence-electron chi connectivity index (χ3n) is 2.74. The molecular weight excluding hydrogens is 334 g/mol. The number of benzene rings is 1. The number of alkyl halides is 3. The van der Waals surface area contributed by atoms with Gasteiger partial charge in [0.15, 0.2) is 0 Å². The van der Waals surface area contributed by atoms with Crippen LogP contribution >= 0.6 is 23.2 Å². The van der Waals surface area contributed by atoms with E-state index in [1.54, 1.807) is 0 Å². The van der Waals surface area contributed by atoms with E-state index in [2.05, 4.69) is 0 Å². The van der Waals surface area contributed by atoms with Crippen molar-refractivity contribution in [3.05, 3.63) is 39.6 Å². The number of anilines is 1. The predicted octanol–water partition coefficient (Wildman–Crippen LogP) is 3.53. The highest BCUT2D eigenvalue weighted by atomic mass is 35.5. The molecule has 0 unspecified atom stereocenters. The Balaban J connectivity index is 2.54. The van der Waals surface area contributed by atoms with Crippen LogP contribution in [0.25, 0.3) is 0 Å². The van der Waals surface area contributed by atoms with E-state index < -0.39 is 17.8 Å². The molecule has 1 heterocycles. The Labute approximate surface area is 126 Å². The van der Waals surface area contributed by atoms with E-state index in [-0.39, 0.29) is 28.1 Å². The van der Waals surface area contributed by atoms with E-state index in [9.17, 15) is 18.0 Å². The van der Waals surface area contributed by atoms with Crippen LogP contribution in [0.4, 0.5) is 23.7 Å². The van der Waals surface area contributed by atoms with Gasteiger partial charge in [-0.05, 0) is 18.2 Å². The second kappa shape index (κ2) is 5.19. The van der Waals surface area contributed by atoms with E-state index >= 15 is 0 Å². The fourth-order valence-corrected chi connectivity index (χ4v) is 2.48. The zero-order valence-corrected chi connectivity index (χ0v) is 11.7. The van der Waals surface area contributed by atoms with Crippen LogP contribution in [0.2, 0.25) is 10.0 Å². The molecule has 1 aromatic carbocycles. The monoisotopic (exact) mass is 341 g/mol. The number of hydrogen-bond acceptors (Lipinski definition) is 3. The normalized spacial score (nSPS) is 15.4. The molecule has 3 N–H and O–H groups in total. The van der Waals surface area contributed by atoms with Crippen LogP contribution in [-0.2, 0) is 6.18 Å². The molecule has 10 heteroatoms. The van der Waals surface area contributed by atoms with Crippen LogP contribution in [0.5, 0.6) is 0 Å². The van der Waals surface area contributed by atoms with E-state index in [1.165, 1.54) is 6.08 Å². The van der Waals surface area contributed by atoms with Crippen LogP contribution in [-0.4, -0.2) is 22.8 Å². The van der Waals surface area contributed by atoms with Gasteiger partial charge >= 0.3 is 12.3 Å². The number of nitrogens with zero attached hydrogens (tertiary/aromatic N) is 2. The molecule has 0 saturated carbocycles. The van der Waals surface area contributed by atoms with Crippen molar-refractivity contribution in [2.45, 2.75) is 6.18 Å². The van der Waals surface area contributed by atoms with Gasteiger partial charge in [0.25, 0.3) is 0 Å². The van der Waals surface area contributed by atoms with Crippen molar-refractivity contribution in [3.8, 4) is 0 Å². The Morgan fingerprint density at radius 2 is 1.81 bits per heavy atom. The zero-order chi connectivity index (χ0) is 15.9. The molecule has 0 aliphatic carbocycles. The lowest BCUT2D eigenvalue weighted by atomic mass is 10.2. The first-order valence-electron chi connectivity index (χ1n) is 5.45. The number of halogens is 5. The number of amides is 1. The lowest BCUT2D eigenvalue weighted by molar-refractivity contribution is -0.137. The van der Waals surface area contributed by atoms with Crippen LogP contribution in [0, 0.1) is 0 Å². The van der Waals surface area contributed by atoms with E-state index in [1.807, 2.05) is 0 Å². The van der Waals surface area contributed by atoms with Gasteiger partial charge in [-0.15, -0.1) is 0 Å². The molecular formula is C11H8Cl2F3N3O2. The smallest absolute Gasteiger partial charge is 0.426 e. The molecule has 21 heavy (non-hydrogen) atoms. The minimum Gasteiger partial charge on any atom is -0.464 e. The van der Waals surface area contributed by atoms with Crippen molar-refractivity contribution in [2.24, 2.45) is 5.73 Å². The van der Waals surface area contributed by atoms with E-state index in [0.717, 1.165) is 10.0 Å². The zero-order valence-electron chi connectivity index (χ0n) is 10.2. The van der Waals surface area contributed by atoms with Gasteiger partial charge in [0.2, 0.25) is 0 Å². The topological polar surface area (TPSA) is 69.8 Å². The molecule has 1 amide bonds. The summed E-state index contributed by atoms with van der Waals surface area (Å²) in [5.41, 5.74) is 4.48. The third-order valence-corrected chi connectivity index (χ3v) is 3.31. The van der Waals surface area contributed by atoms with E-state index in [4.69, 9.17) is 34.0 Å². The lowest BCUT2D eigenvalue weighted by Gasteiger charge is -2.30. The first-order valence-corrected chi connectivity index (χ1v) is 6.21. The fourth-order valence-electron chi connectivity index (χ4n) is 1.83. The van der Waals surface area contributed by atoms with Crippen molar-refractivity contribution in [2.75, 3.05) is 11.6 Å². The summed E-state index contributed by atoms with van der Waals surface area (Å²) in [6, 6.07) is 1.32. The van der Waals surface area contributed by atoms with Crippen molar-refractivity contribution >= 4 is 35.0 Å². The van der Waals surface area contributed by atoms with Gasteiger partial charge in [-0.2, -0.15) is 13.2 Å². The van der Waals surface area contributed by atoms with Crippen molar-refractivity contribution < 1.29 is 23.1 Å². The molecule has 1 aliphatic rings. The maximum atomic E-state index is 12.7. The molecule has 0 radical (unpaired) electrons. The molecule has 1 aromatic rings. The average Bonchev–Trinajstić information content (AvgIpc) is 2.69. The van der Waals surface area contributed by atoms with Crippen molar-refractivity contribution in [1.82, 2.24) is 5.01 Å². The maximum Gasteiger partial charge on any atom is 0.426 e. The summed E-state index contributed by atoms with van der Waals surface area (Å²) in [4.78, 5) is 11.1. The number of carboxylic acid groups (broad SMARTS) is 1. The van der Waals surface area contributed by atoms with Gasteiger partial charge in [0, 0.05) is 0 Å². The second-order valence-electron chi connectivity index (χ2n) is 4.09. The van der Waals surface area contributed by atoms with Gasteiger partial charge in [0.1, 0.15) is 11.5 Å². The molecule has 5 nitrogen and oxygen atoms in total. The summed E-state index contributed by atoms with van der Waals surface area (Å²) in [6.45, 7) is -0.0607. The SMILES string of the molecule is NC1=CCN(C(=O)O)N1c1c(Cl)cc(C(F)(F)F)cc1Cl. The first-order chi connectivity index (χ1) is 9.62. The quantitative estimate of drug-likeness (QED) is 0.819. The fraction of sp³-hybridized carbons (Fsp3) is 0.182. The summed E-state index contributed by atoms with van der Waals surface area (Å²) in [5.74, 6) is 0.000888. The van der Waals surface area contributed by atoms with Gasteiger partial charge in [-0.1, -0.05) is 23.2 Å². The maximum absolute atomic E-state index is 12.7. The van der Waals surface area contributed by atoms with Crippen molar-refractivity contribution in [1.29, 1.82) is 0 Å². The Morgan fingerprint density at radius 1 is 1.29 bits per heavy atom. The number of rotatable bonds is 1. The average molecular weight is 342 g/mol. The van der Waals surface area contributed by atoms with Gasteiger partial charge in [-0.25, -0.2) is 14.8 Å². The first kappa shape index (κ1) is 15.6. The lowest BCUT2D eigenvalue weighted by Crippen LogP contribution is -2.43. The number of nitrogens with two attached hydrogens (primary N) is 1. The highest BCUT2D eigenvalue weighted by Gasteiger charge is 2.35. The molecule has 1 aliphatic heterocycles. The number of carbonyl (C=O) groups is 1. The highest BCUT2D eigenvalue weighted by molar-refractivity contribution is 6.39. The van der Waals surface area contributed by atoms with Crippen molar-refractivity contribution in [3.63, 3.8) is 0 Å². The Kier molecular flexibility index (Phi) is 3.85. The Hall–Kier alpha value is -1.80. The summed E-state index contributed by atoms with van der Waals surface area (Å²) in [6.07, 6.45) is -4.60. The van der Waals surface area contributed by atoms with Gasteiger partial charge < -0.3 is 10.8 Å². The largest absolute Gasteiger partial charge is 0.464 e. The standard InChI is InChI=1S/C11H8Cl2F3N3O2/c12-6-3-5(11(14,15)16)4-7(13)9(6)19-8(17)1-2-18(19)10(20)21/h1,3-4H,2,17H2,(H,20,21). The third kappa shape index (κ3) is 2.81. The van der Waals surface area contributed by atoms with Gasteiger partial charge in [0.05, 0.1) is 22.2 Å². The predicted molar refractivity (Wildman–Crippen MR) is 70.9 cm³/mol. The molecule has 0 atom stereocenters. The molecule has 0 fully saturated rings. The minimum absolute atomic E-state index is 0.000888. The van der Waals surface area contributed by atoms with Crippen LogP contribution in [0.15, 0.2) is 24.0 Å². The van der Waals surface area contributed by atoms with Crippen LogP contribution in [0.3, 0.4) is 0 Å². The summed E-state index contributed by atoms with van der Waals surface area (Å²) >= 11 is 11.7. The Morgan fingerprint density at radius 3 is 2.24 bits per heavy atom. The van der Waals surface area contributed by atoms with Crippen LogP contribution in [0.1, 0.15) is 5.56 Å². The minimum atomic E-state index is -4.62. The summed E-state index contributed by atoms with van der Waals surface area (Å²) in [5, 5.41) is 10.1. The summed E-state index contributed by atoms with van der Waals surface area (Å²) in [7, 11) is 0. The van der Waals surface area contributed by atoms with E-state index in [0.29, 0.717) is 12.1 Å². The highest BCUT2D eigenvalue weighted by Crippen LogP contribution is 2.42. The molecule has 2 rings (SSSR count).